The van der Waals surface area contributed by atoms with Crippen molar-refractivity contribution in [3.05, 3.63) is 71.3 Å². The van der Waals surface area contributed by atoms with Crippen molar-refractivity contribution in [1.29, 1.82) is 5.41 Å². The summed E-state index contributed by atoms with van der Waals surface area (Å²) in [5.41, 5.74) is 7.02. The van der Waals surface area contributed by atoms with E-state index in [0.29, 0.717) is 31.5 Å². The molecule has 0 radical (unpaired) electrons. The van der Waals surface area contributed by atoms with Gasteiger partial charge in [-0.1, -0.05) is 54.6 Å². The van der Waals surface area contributed by atoms with Gasteiger partial charge in [0.1, 0.15) is 11.4 Å². The number of nitrogens with two attached hydrogens (primary N) is 1. The van der Waals surface area contributed by atoms with Crippen LogP contribution in [0.1, 0.15) is 29.5 Å². The summed E-state index contributed by atoms with van der Waals surface area (Å²) in [4.78, 5) is 39.6. The monoisotopic (exact) mass is 499 g/mol. The van der Waals surface area contributed by atoms with E-state index in [-0.39, 0.29) is 42.5 Å². The van der Waals surface area contributed by atoms with Crippen molar-refractivity contribution in [2.75, 3.05) is 13.1 Å². The number of amidine groups is 1. The number of fused-ring (bicyclic) bond motifs is 1. The van der Waals surface area contributed by atoms with Crippen LogP contribution in [0.5, 0.6) is 0 Å². The summed E-state index contributed by atoms with van der Waals surface area (Å²) in [5.74, 6) is -1.37. The van der Waals surface area contributed by atoms with Crippen LogP contribution >= 0.6 is 12.4 Å². The predicted octanol–water partition coefficient (Wildman–Crippen LogP) is 1.29. The first-order valence-corrected chi connectivity index (χ1v) is 11.3. The van der Waals surface area contributed by atoms with Gasteiger partial charge >= 0.3 is 5.97 Å². The normalized spacial score (nSPS) is 20.8. The summed E-state index contributed by atoms with van der Waals surface area (Å²) >= 11 is 0. The molecule has 2 fully saturated rings. The van der Waals surface area contributed by atoms with Gasteiger partial charge in [-0.3, -0.25) is 25.1 Å². The summed E-state index contributed by atoms with van der Waals surface area (Å²) in [5, 5.41) is 22.4. The quantitative estimate of drug-likeness (QED) is 0.245. The van der Waals surface area contributed by atoms with Gasteiger partial charge in [0.15, 0.2) is 0 Å². The van der Waals surface area contributed by atoms with Crippen LogP contribution in [0.25, 0.3) is 0 Å². The lowest BCUT2D eigenvalue weighted by atomic mass is 10.0. The molecule has 10 heteroatoms. The van der Waals surface area contributed by atoms with Gasteiger partial charge in [-0.2, -0.15) is 0 Å². The number of nitrogen functional groups attached to an aromatic ring is 1. The van der Waals surface area contributed by atoms with Crippen LogP contribution in [0.3, 0.4) is 0 Å². The minimum absolute atomic E-state index is 0. The Morgan fingerprint density at radius 2 is 1.80 bits per heavy atom. The molecule has 2 aliphatic rings. The van der Waals surface area contributed by atoms with Gasteiger partial charge in [-0.25, -0.2) is 0 Å². The number of hydrogen-bond donors (Lipinski definition) is 5. The zero-order chi connectivity index (χ0) is 24.3. The molecule has 1 heterocycles. The highest BCUT2D eigenvalue weighted by Gasteiger charge is 2.68. The van der Waals surface area contributed by atoms with E-state index < -0.39 is 17.6 Å². The maximum Gasteiger partial charge on any atom is 0.317 e. The number of likely N-dealkylation sites (tertiary alicyclic amines) is 1. The second-order valence-corrected chi connectivity index (χ2v) is 8.91. The molecule has 2 aromatic rings. The van der Waals surface area contributed by atoms with Gasteiger partial charge in [0, 0.05) is 18.7 Å². The number of carbonyl (C=O) groups excluding carboxylic acids is 2. The lowest BCUT2D eigenvalue weighted by molar-refractivity contribution is -0.143. The van der Waals surface area contributed by atoms with E-state index in [1.165, 1.54) is 0 Å². The van der Waals surface area contributed by atoms with Crippen molar-refractivity contribution < 1.29 is 19.5 Å². The number of aliphatic carboxylic acids is 1. The fraction of sp³-hybridized carbons (Fsp3) is 0.360. The van der Waals surface area contributed by atoms with Crippen molar-refractivity contribution in [3.63, 3.8) is 0 Å². The van der Waals surface area contributed by atoms with Crippen molar-refractivity contribution >= 4 is 36.0 Å². The third-order valence-corrected chi connectivity index (χ3v) is 6.71. The summed E-state index contributed by atoms with van der Waals surface area (Å²) in [6, 6.07) is 15.8. The average molecular weight is 500 g/mol. The molecule has 0 unspecified atom stereocenters. The summed E-state index contributed by atoms with van der Waals surface area (Å²) in [7, 11) is 0. The molecule has 1 aliphatic carbocycles. The Morgan fingerprint density at radius 1 is 1.11 bits per heavy atom. The molecule has 4 rings (SSSR count). The number of rotatable bonds is 10. The molecule has 1 saturated heterocycles. The molecule has 1 aliphatic heterocycles. The molecule has 0 spiro atoms. The number of halogens is 1. The van der Waals surface area contributed by atoms with Crippen LogP contribution in [0.4, 0.5) is 0 Å². The van der Waals surface area contributed by atoms with E-state index in [4.69, 9.17) is 16.2 Å². The van der Waals surface area contributed by atoms with Crippen molar-refractivity contribution in [3.8, 4) is 0 Å². The third kappa shape index (κ3) is 5.63. The Labute approximate surface area is 210 Å². The third-order valence-electron chi connectivity index (χ3n) is 6.71. The minimum atomic E-state index is -1.04. The lowest BCUT2D eigenvalue weighted by Crippen LogP contribution is -2.56. The first-order chi connectivity index (χ1) is 16.3. The van der Waals surface area contributed by atoms with Crippen molar-refractivity contribution in [2.24, 2.45) is 11.7 Å². The Balaban J connectivity index is 0.00000342. The number of carboxylic acids is 1. The molecule has 6 N–H and O–H groups in total. The SMILES string of the molecule is Cl.N=C(N)c1ccc(CNC(=O)[C@]23C[C@H]2CCN3C(=O)[C@@H](Cc2ccccc2)NCC(=O)O)cc1. The number of amides is 2. The van der Waals surface area contributed by atoms with Crippen LogP contribution in [0.2, 0.25) is 0 Å². The van der Waals surface area contributed by atoms with Crippen LogP contribution in [0.15, 0.2) is 54.6 Å². The second-order valence-electron chi connectivity index (χ2n) is 8.91. The molecule has 2 amide bonds. The van der Waals surface area contributed by atoms with Gasteiger partial charge in [0.05, 0.1) is 12.6 Å². The number of piperidine rings is 1. The molecule has 35 heavy (non-hydrogen) atoms. The van der Waals surface area contributed by atoms with E-state index >= 15 is 0 Å². The highest BCUT2D eigenvalue weighted by atomic mass is 35.5. The fourth-order valence-corrected chi connectivity index (χ4v) is 4.81. The fourth-order valence-electron chi connectivity index (χ4n) is 4.81. The first kappa shape index (κ1) is 26.2. The first-order valence-electron chi connectivity index (χ1n) is 11.3. The minimum Gasteiger partial charge on any atom is -0.480 e. The average Bonchev–Trinajstić information content (AvgIpc) is 3.45. The molecule has 3 atom stereocenters. The molecule has 9 nitrogen and oxygen atoms in total. The van der Waals surface area contributed by atoms with E-state index in [9.17, 15) is 14.4 Å². The summed E-state index contributed by atoms with van der Waals surface area (Å²) < 4.78 is 0. The molecule has 2 aromatic carbocycles. The number of carbonyl (C=O) groups is 3. The Morgan fingerprint density at radius 3 is 2.40 bits per heavy atom. The van der Waals surface area contributed by atoms with Gasteiger partial charge in [0.25, 0.3) is 0 Å². The molecular weight excluding hydrogens is 470 g/mol. The molecule has 0 aromatic heterocycles. The predicted molar refractivity (Wildman–Crippen MR) is 133 cm³/mol. The van der Waals surface area contributed by atoms with Gasteiger partial charge < -0.3 is 21.1 Å². The molecule has 186 valence electrons. The number of benzene rings is 2. The molecular formula is C25H30ClN5O4. The Bertz CT molecular complexity index is 1090. The van der Waals surface area contributed by atoms with E-state index in [1.807, 2.05) is 42.5 Å². The van der Waals surface area contributed by atoms with Gasteiger partial charge in [-0.15, -0.1) is 12.4 Å². The summed E-state index contributed by atoms with van der Waals surface area (Å²) in [6.45, 7) is 0.443. The van der Waals surface area contributed by atoms with E-state index in [2.05, 4.69) is 10.6 Å². The second kappa shape index (κ2) is 10.9. The maximum absolute atomic E-state index is 13.5. The number of nitrogens with one attached hydrogen (secondary N) is 3. The van der Waals surface area contributed by atoms with Crippen LogP contribution in [0, 0.1) is 11.3 Å². The topological polar surface area (TPSA) is 149 Å². The van der Waals surface area contributed by atoms with Crippen LogP contribution in [-0.4, -0.2) is 58.3 Å². The highest BCUT2D eigenvalue weighted by molar-refractivity contribution is 5.97. The molecule has 1 saturated carbocycles. The maximum atomic E-state index is 13.5. The van der Waals surface area contributed by atoms with Crippen molar-refractivity contribution in [2.45, 2.75) is 37.4 Å². The van der Waals surface area contributed by atoms with Crippen LogP contribution < -0.4 is 16.4 Å². The van der Waals surface area contributed by atoms with Gasteiger partial charge in [-0.05, 0) is 36.3 Å². The van der Waals surface area contributed by atoms with Crippen molar-refractivity contribution in [1.82, 2.24) is 15.5 Å². The standard InChI is InChI=1S/C25H29N5O4.ClH/c26-22(27)18-8-6-17(7-9-18)14-29-24(34)25-13-19(25)10-11-30(25)23(33)20(28-15-21(31)32)12-16-4-2-1-3-5-16;/h1-9,19-20,28H,10-15H2,(H3,26,27)(H,29,34)(H,31,32);1H/t19-,20-,25+;/m1./s1. The lowest BCUT2D eigenvalue weighted by Gasteiger charge is -2.31. The number of carboxylic acid groups (broad SMARTS) is 1. The zero-order valence-corrected chi connectivity index (χ0v) is 20.0. The van der Waals surface area contributed by atoms with Crippen LogP contribution in [-0.2, 0) is 27.3 Å². The number of hydrogen-bond acceptors (Lipinski definition) is 5. The highest BCUT2D eigenvalue weighted by Crippen LogP contribution is 2.56. The largest absolute Gasteiger partial charge is 0.480 e. The number of nitrogens with zero attached hydrogens (tertiary/aromatic N) is 1. The smallest absolute Gasteiger partial charge is 0.317 e. The Kier molecular flexibility index (Phi) is 8.14. The van der Waals surface area contributed by atoms with E-state index in [1.54, 1.807) is 17.0 Å². The summed E-state index contributed by atoms with van der Waals surface area (Å²) in [6.07, 6.45) is 1.71. The Hall–Kier alpha value is -3.43. The molecule has 0 bridgehead atoms. The zero-order valence-electron chi connectivity index (χ0n) is 19.2. The van der Waals surface area contributed by atoms with E-state index in [0.717, 1.165) is 17.5 Å². The van der Waals surface area contributed by atoms with Gasteiger partial charge in [0.2, 0.25) is 11.8 Å².